The Hall–Kier alpha value is -3.64. The molecule has 4 heterocycles. The molecule has 1 unspecified atom stereocenters. The van der Waals surface area contributed by atoms with E-state index in [4.69, 9.17) is 16.3 Å². The number of fused-ring (bicyclic) bond motifs is 3. The van der Waals surface area contributed by atoms with Gasteiger partial charge >= 0.3 is 0 Å². The van der Waals surface area contributed by atoms with E-state index in [0.717, 1.165) is 23.2 Å². The molecule has 1 aliphatic rings. The lowest BCUT2D eigenvalue weighted by Gasteiger charge is -2.35. The minimum atomic E-state index is -0.972. The van der Waals surface area contributed by atoms with Crippen LogP contribution in [0.1, 0.15) is 38.5 Å². The Labute approximate surface area is 219 Å². The van der Waals surface area contributed by atoms with Crippen molar-refractivity contribution in [1.29, 1.82) is 0 Å². The first-order chi connectivity index (χ1) is 17.6. The third-order valence-electron chi connectivity index (χ3n) is 5.94. The van der Waals surface area contributed by atoms with Crippen LogP contribution in [0.4, 0.5) is 8.78 Å². The standard InChI is InChI=1S/C24H21ClF2N6O3S/c1-12-30-33-21-16(29-24(33)37-12)8-9-32(20(21)14-10-13(26)4-5-15(14)27)19(34)11-36-18-7-6-17(28-22(18)25)23(35)31(2)3/h4-7,10,20H,8-9,11H2,1-3H3. The highest BCUT2D eigenvalue weighted by Crippen LogP contribution is 2.38. The van der Waals surface area contributed by atoms with Crippen LogP contribution in [0.5, 0.6) is 5.75 Å². The first-order valence-corrected chi connectivity index (χ1v) is 12.4. The molecule has 0 saturated heterocycles. The van der Waals surface area contributed by atoms with Gasteiger partial charge in [0.25, 0.3) is 11.8 Å². The fraction of sp³-hybridized carbons (Fsp3) is 0.292. The molecule has 0 radical (unpaired) electrons. The molecule has 192 valence electrons. The number of carbonyl (C=O) groups excluding carboxylic acids is 2. The third-order valence-corrected chi connectivity index (χ3v) is 7.03. The quantitative estimate of drug-likeness (QED) is 0.355. The van der Waals surface area contributed by atoms with Crippen molar-refractivity contribution >= 4 is 39.7 Å². The molecule has 3 aromatic heterocycles. The fourth-order valence-corrected chi connectivity index (χ4v) is 5.25. The molecule has 37 heavy (non-hydrogen) atoms. The Morgan fingerprint density at radius 2 is 2.00 bits per heavy atom. The lowest BCUT2D eigenvalue weighted by Crippen LogP contribution is -2.43. The molecular formula is C24H21ClF2N6O3S. The predicted octanol–water partition coefficient (Wildman–Crippen LogP) is 3.68. The monoisotopic (exact) mass is 546 g/mol. The first kappa shape index (κ1) is 25.0. The highest BCUT2D eigenvalue weighted by atomic mass is 35.5. The van der Waals surface area contributed by atoms with Gasteiger partial charge in [0.15, 0.2) is 17.5 Å². The minimum absolute atomic E-state index is 0.00648. The number of benzene rings is 1. The van der Waals surface area contributed by atoms with Gasteiger partial charge in [0, 0.05) is 32.6 Å². The Kier molecular flexibility index (Phi) is 6.54. The summed E-state index contributed by atoms with van der Waals surface area (Å²) in [6.07, 6.45) is 0.410. The third kappa shape index (κ3) is 4.62. The smallest absolute Gasteiger partial charge is 0.271 e. The van der Waals surface area contributed by atoms with E-state index in [2.05, 4.69) is 15.1 Å². The molecule has 4 aromatic rings. The van der Waals surface area contributed by atoms with Crippen LogP contribution in [0.2, 0.25) is 5.15 Å². The second-order valence-electron chi connectivity index (χ2n) is 8.64. The molecule has 2 amide bonds. The summed E-state index contributed by atoms with van der Waals surface area (Å²) in [6, 6.07) is 5.06. The first-order valence-electron chi connectivity index (χ1n) is 11.2. The van der Waals surface area contributed by atoms with Gasteiger partial charge in [-0.25, -0.2) is 23.3 Å². The van der Waals surface area contributed by atoms with Crippen molar-refractivity contribution in [1.82, 2.24) is 29.4 Å². The van der Waals surface area contributed by atoms with Crippen LogP contribution >= 0.6 is 22.9 Å². The van der Waals surface area contributed by atoms with Gasteiger partial charge < -0.3 is 14.5 Å². The number of hydrogen-bond acceptors (Lipinski definition) is 7. The molecular weight excluding hydrogens is 526 g/mol. The molecule has 5 rings (SSSR count). The fourth-order valence-electron chi connectivity index (χ4n) is 4.27. The summed E-state index contributed by atoms with van der Waals surface area (Å²) in [4.78, 5) is 37.6. The lowest BCUT2D eigenvalue weighted by molar-refractivity contribution is -0.135. The number of imidazole rings is 1. The average Bonchev–Trinajstić information content (AvgIpc) is 3.39. The number of aryl methyl sites for hydroxylation is 1. The second kappa shape index (κ2) is 9.67. The Bertz CT molecular complexity index is 1540. The highest BCUT2D eigenvalue weighted by molar-refractivity contribution is 7.16. The van der Waals surface area contributed by atoms with E-state index >= 15 is 4.39 Å². The average molecular weight is 547 g/mol. The summed E-state index contributed by atoms with van der Waals surface area (Å²) in [5.41, 5.74) is 1.30. The number of nitrogens with zero attached hydrogens (tertiary/aromatic N) is 6. The molecule has 1 aliphatic heterocycles. The molecule has 0 saturated carbocycles. The highest BCUT2D eigenvalue weighted by Gasteiger charge is 2.38. The summed E-state index contributed by atoms with van der Waals surface area (Å²) in [5, 5.41) is 5.14. The van der Waals surface area contributed by atoms with E-state index < -0.39 is 30.2 Å². The van der Waals surface area contributed by atoms with Crippen LogP contribution in [-0.2, 0) is 11.2 Å². The Balaban J connectivity index is 1.46. The number of halogens is 3. The number of aromatic nitrogens is 4. The van der Waals surface area contributed by atoms with Crippen LogP contribution in [0.3, 0.4) is 0 Å². The zero-order valence-electron chi connectivity index (χ0n) is 20.0. The molecule has 9 nitrogen and oxygen atoms in total. The van der Waals surface area contributed by atoms with Crippen molar-refractivity contribution < 1.29 is 23.1 Å². The van der Waals surface area contributed by atoms with Crippen molar-refractivity contribution in [2.45, 2.75) is 19.4 Å². The largest absolute Gasteiger partial charge is 0.481 e. The topological polar surface area (TPSA) is 92.9 Å². The van der Waals surface area contributed by atoms with E-state index in [1.54, 1.807) is 18.6 Å². The van der Waals surface area contributed by atoms with Gasteiger partial charge in [0.1, 0.15) is 28.4 Å². The van der Waals surface area contributed by atoms with Gasteiger partial charge in [-0.15, -0.1) is 0 Å². The van der Waals surface area contributed by atoms with Crippen molar-refractivity contribution in [3.63, 3.8) is 0 Å². The van der Waals surface area contributed by atoms with Crippen LogP contribution in [0.15, 0.2) is 30.3 Å². The zero-order valence-corrected chi connectivity index (χ0v) is 21.6. The normalized spacial score (nSPS) is 15.1. The molecule has 0 spiro atoms. The van der Waals surface area contributed by atoms with E-state index in [0.29, 0.717) is 22.8 Å². The lowest BCUT2D eigenvalue weighted by atomic mass is 9.95. The Morgan fingerprint density at radius 1 is 1.22 bits per heavy atom. The molecule has 0 bridgehead atoms. The molecule has 13 heteroatoms. The van der Waals surface area contributed by atoms with Gasteiger partial charge in [0.05, 0.1) is 11.4 Å². The summed E-state index contributed by atoms with van der Waals surface area (Å²) in [7, 11) is 3.17. The number of carbonyl (C=O) groups is 2. The molecule has 1 aromatic carbocycles. The summed E-state index contributed by atoms with van der Waals surface area (Å²) >= 11 is 7.56. The Morgan fingerprint density at radius 3 is 2.73 bits per heavy atom. The number of rotatable bonds is 5. The molecule has 0 fully saturated rings. The van der Waals surface area contributed by atoms with Crippen LogP contribution in [0.25, 0.3) is 4.96 Å². The molecule has 0 N–H and O–H groups in total. The van der Waals surface area contributed by atoms with Gasteiger partial charge in [-0.3, -0.25) is 9.59 Å². The van der Waals surface area contributed by atoms with Gasteiger partial charge in [-0.1, -0.05) is 22.9 Å². The van der Waals surface area contributed by atoms with Crippen LogP contribution < -0.4 is 4.74 Å². The van der Waals surface area contributed by atoms with E-state index in [1.807, 2.05) is 6.92 Å². The van der Waals surface area contributed by atoms with Crippen LogP contribution in [-0.4, -0.2) is 68.4 Å². The maximum atomic E-state index is 15.0. The number of amides is 2. The van der Waals surface area contributed by atoms with E-state index in [9.17, 15) is 14.0 Å². The predicted molar refractivity (Wildman–Crippen MR) is 132 cm³/mol. The van der Waals surface area contributed by atoms with Crippen molar-refractivity contribution in [3.8, 4) is 5.75 Å². The maximum Gasteiger partial charge on any atom is 0.271 e. The van der Waals surface area contributed by atoms with Gasteiger partial charge in [-0.2, -0.15) is 5.10 Å². The van der Waals surface area contributed by atoms with E-state index in [-0.39, 0.29) is 34.6 Å². The number of hydrogen-bond donors (Lipinski definition) is 0. The second-order valence-corrected chi connectivity index (χ2v) is 10.2. The van der Waals surface area contributed by atoms with Gasteiger partial charge in [0.2, 0.25) is 4.96 Å². The summed E-state index contributed by atoms with van der Waals surface area (Å²) in [6.45, 7) is 1.59. The van der Waals surface area contributed by atoms with E-state index in [1.165, 1.54) is 33.3 Å². The summed E-state index contributed by atoms with van der Waals surface area (Å²) in [5.74, 6) is -2.00. The van der Waals surface area contributed by atoms with Crippen molar-refractivity contribution in [3.05, 3.63) is 74.8 Å². The number of ether oxygens (including phenoxy) is 1. The van der Waals surface area contributed by atoms with Crippen molar-refractivity contribution in [2.24, 2.45) is 0 Å². The minimum Gasteiger partial charge on any atom is -0.481 e. The van der Waals surface area contributed by atoms with Crippen molar-refractivity contribution in [2.75, 3.05) is 27.2 Å². The summed E-state index contributed by atoms with van der Waals surface area (Å²) < 4.78 is 36.5. The molecule has 0 aliphatic carbocycles. The zero-order chi connectivity index (χ0) is 26.4. The molecule has 1 atom stereocenters. The maximum absolute atomic E-state index is 15.0. The number of pyridine rings is 1. The SMILES string of the molecule is Cc1nn2c3c(nc2s1)CCN(C(=O)COc1ccc(C(=O)N(C)C)nc1Cl)C3c1cc(F)ccc1F. The van der Waals surface area contributed by atoms with Gasteiger partial charge in [-0.05, 0) is 37.3 Å². The van der Waals surface area contributed by atoms with Crippen LogP contribution in [0, 0.1) is 18.6 Å².